The van der Waals surface area contributed by atoms with Gasteiger partial charge >= 0.3 is 0 Å². The van der Waals surface area contributed by atoms with Crippen molar-refractivity contribution in [2.24, 2.45) is 0 Å². The van der Waals surface area contributed by atoms with Crippen molar-refractivity contribution in [1.82, 2.24) is 9.88 Å². The fourth-order valence-corrected chi connectivity index (χ4v) is 3.13. The van der Waals surface area contributed by atoms with Crippen molar-refractivity contribution in [3.8, 4) is 0 Å². The Balaban J connectivity index is 2.00. The van der Waals surface area contributed by atoms with Gasteiger partial charge in [-0.3, -0.25) is 4.79 Å². The third-order valence-electron chi connectivity index (χ3n) is 4.02. The number of pyridine rings is 1. The summed E-state index contributed by atoms with van der Waals surface area (Å²) >= 11 is 0. The summed E-state index contributed by atoms with van der Waals surface area (Å²) in [6.07, 6.45) is 0.387. The summed E-state index contributed by atoms with van der Waals surface area (Å²) in [6.45, 7) is 1.42. The molecule has 0 amide bonds. The van der Waals surface area contributed by atoms with E-state index in [1.807, 2.05) is 44.4 Å². The minimum absolute atomic E-state index is 0.0758. The van der Waals surface area contributed by atoms with Gasteiger partial charge in [-0.2, -0.15) is 0 Å². The van der Waals surface area contributed by atoms with Crippen molar-refractivity contribution in [2.45, 2.75) is 18.6 Å². The maximum atomic E-state index is 12.2. The second kappa shape index (κ2) is 5.50. The zero-order valence-corrected chi connectivity index (χ0v) is 12.4. The molecule has 0 bridgehead atoms. The van der Waals surface area contributed by atoms with Crippen LogP contribution in [0.5, 0.6) is 0 Å². The van der Waals surface area contributed by atoms with Crippen molar-refractivity contribution in [3.63, 3.8) is 0 Å². The number of likely N-dealkylation sites (N-methyl/N-ethyl adjacent to an activating group) is 1. The van der Waals surface area contributed by atoms with Crippen molar-refractivity contribution in [1.29, 1.82) is 0 Å². The Morgan fingerprint density at radius 1 is 1.38 bits per heavy atom. The molecule has 2 unspecified atom stereocenters. The predicted octanol–water partition coefficient (Wildman–Crippen LogP) is 1.03. The van der Waals surface area contributed by atoms with Crippen molar-refractivity contribution >= 4 is 16.6 Å². The van der Waals surface area contributed by atoms with Gasteiger partial charge in [0, 0.05) is 24.5 Å². The van der Waals surface area contributed by atoms with Crippen LogP contribution < -0.4 is 10.5 Å². The van der Waals surface area contributed by atoms with Crippen LogP contribution >= 0.6 is 0 Å². The smallest absolute Gasteiger partial charge is 0.257 e. The molecule has 1 aliphatic heterocycles. The van der Waals surface area contributed by atoms with E-state index in [2.05, 4.69) is 14.8 Å². The van der Waals surface area contributed by atoms with E-state index in [9.17, 15) is 9.90 Å². The molecular weight excluding hydrogens is 266 g/mol. The van der Waals surface area contributed by atoms with Crippen LogP contribution in [0.25, 0.3) is 10.8 Å². The summed E-state index contributed by atoms with van der Waals surface area (Å²) in [5.74, 6) is 0.794. The number of benzene rings is 1. The second-order valence-electron chi connectivity index (χ2n) is 6.03. The molecule has 0 saturated carbocycles. The number of nitrogens with one attached hydrogen (secondary N) is 1. The summed E-state index contributed by atoms with van der Waals surface area (Å²) in [6, 6.07) is 9.78. The Kier molecular flexibility index (Phi) is 3.69. The molecule has 0 radical (unpaired) electrons. The second-order valence-corrected chi connectivity index (χ2v) is 6.03. The zero-order chi connectivity index (χ0) is 15.0. The molecule has 3 rings (SSSR count). The molecule has 2 aromatic rings. The zero-order valence-electron chi connectivity index (χ0n) is 12.4. The Labute approximate surface area is 123 Å². The number of hydrogen-bond donors (Lipinski definition) is 2. The van der Waals surface area contributed by atoms with Gasteiger partial charge in [-0.25, -0.2) is 0 Å². The third-order valence-corrected chi connectivity index (χ3v) is 4.02. The summed E-state index contributed by atoms with van der Waals surface area (Å²) in [4.78, 5) is 19.4. The minimum atomic E-state index is -0.343. The van der Waals surface area contributed by atoms with Crippen LogP contribution in [0.15, 0.2) is 35.1 Å². The number of aromatic amines is 1. The maximum absolute atomic E-state index is 12.2. The number of aliphatic hydroxyl groups is 1. The van der Waals surface area contributed by atoms with Gasteiger partial charge in [0.05, 0.1) is 6.10 Å². The summed E-state index contributed by atoms with van der Waals surface area (Å²) in [5.41, 5.74) is -0.0758. The number of nitrogens with zero attached hydrogens (tertiary/aromatic N) is 2. The van der Waals surface area contributed by atoms with E-state index in [-0.39, 0.29) is 17.7 Å². The molecule has 0 spiro atoms. The van der Waals surface area contributed by atoms with Gasteiger partial charge in [-0.1, -0.05) is 18.2 Å². The number of rotatable bonds is 3. The first-order chi connectivity index (χ1) is 10.0. The lowest BCUT2D eigenvalue weighted by Gasteiger charge is -2.28. The molecule has 2 heterocycles. The van der Waals surface area contributed by atoms with E-state index in [4.69, 9.17) is 0 Å². The Morgan fingerprint density at radius 3 is 2.90 bits per heavy atom. The summed E-state index contributed by atoms with van der Waals surface area (Å²) in [5, 5.41) is 11.6. The number of β-amino-alcohol motifs (C(OH)–C–C–N with tert-alkyl or cyclic N) is 1. The number of anilines is 1. The molecule has 1 aromatic carbocycles. The van der Waals surface area contributed by atoms with E-state index in [1.165, 1.54) is 0 Å². The van der Waals surface area contributed by atoms with Crippen LogP contribution in [0.4, 0.5) is 5.82 Å². The topological polar surface area (TPSA) is 59.6 Å². The molecule has 2 atom stereocenters. The predicted molar refractivity (Wildman–Crippen MR) is 84.9 cm³/mol. The fourth-order valence-electron chi connectivity index (χ4n) is 3.13. The average Bonchev–Trinajstić information content (AvgIpc) is 2.78. The van der Waals surface area contributed by atoms with Crippen LogP contribution in [0, 0.1) is 0 Å². The van der Waals surface area contributed by atoms with E-state index >= 15 is 0 Å². The molecule has 0 aliphatic carbocycles. The van der Waals surface area contributed by atoms with Gasteiger partial charge in [0.25, 0.3) is 5.56 Å². The molecule has 112 valence electrons. The molecule has 1 fully saturated rings. The first-order valence-corrected chi connectivity index (χ1v) is 7.26. The van der Waals surface area contributed by atoms with Crippen LogP contribution in [0.3, 0.4) is 0 Å². The molecule has 1 aliphatic rings. The largest absolute Gasteiger partial charge is 0.391 e. The van der Waals surface area contributed by atoms with Gasteiger partial charge in [0.2, 0.25) is 0 Å². The third kappa shape index (κ3) is 2.80. The number of fused-ring (bicyclic) bond motifs is 1. The number of aromatic nitrogens is 1. The standard InChI is InChI=1S/C16H21N3O2/c1-18(2)9-12-8-13(20)10-19(12)15-7-11-5-3-4-6-14(11)16(21)17-15/h3-7,12-13,20H,8-10H2,1-2H3,(H,17,21). The fraction of sp³-hybridized carbons (Fsp3) is 0.438. The van der Waals surface area contributed by atoms with Gasteiger partial charge < -0.3 is 19.9 Å². The van der Waals surface area contributed by atoms with Gasteiger partial charge in [0.15, 0.2) is 0 Å². The Hall–Kier alpha value is -1.85. The van der Waals surface area contributed by atoms with Gasteiger partial charge in [0.1, 0.15) is 5.82 Å². The number of H-pyrrole nitrogens is 1. The van der Waals surface area contributed by atoms with E-state index in [1.54, 1.807) is 0 Å². The highest BCUT2D eigenvalue weighted by molar-refractivity contribution is 5.83. The van der Waals surface area contributed by atoms with E-state index < -0.39 is 0 Å². The number of hydrogen-bond acceptors (Lipinski definition) is 4. The molecule has 1 saturated heterocycles. The average molecular weight is 287 g/mol. The Morgan fingerprint density at radius 2 is 2.14 bits per heavy atom. The quantitative estimate of drug-likeness (QED) is 0.885. The highest BCUT2D eigenvalue weighted by atomic mass is 16.3. The summed E-state index contributed by atoms with van der Waals surface area (Å²) in [7, 11) is 4.04. The van der Waals surface area contributed by atoms with Crippen LogP contribution in [0.1, 0.15) is 6.42 Å². The molecule has 5 heteroatoms. The summed E-state index contributed by atoms with van der Waals surface area (Å²) < 4.78 is 0. The van der Waals surface area contributed by atoms with Crippen molar-refractivity contribution in [2.75, 3.05) is 32.1 Å². The first kappa shape index (κ1) is 14.1. The first-order valence-electron chi connectivity index (χ1n) is 7.26. The van der Waals surface area contributed by atoms with Crippen LogP contribution in [-0.2, 0) is 0 Å². The van der Waals surface area contributed by atoms with E-state index in [0.29, 0.717) is 11.9 Å². The van der Waals surface area contributed by atoms with Crippen molar-refractivity contribution in [3.05, 3.63) is 40.7 Å². The van der Waals surface area contributed by atoms with Gasteiger partial charge in [-0.15, -0.1) is 0 Å². The molecular formula is C16H21N3O2. The molecule has 21 heavy (non-hydrogen) atoms. The highest BCUT2D eigenvalue weighted by Gasteiger charge is 2.32. The molecule has 1 aromatic heterocycles. The Bertz CT molecular complexity index is 695. The minimum Gasteiger partial charge on any atom is -0.391 e. The van der Waals surface area contributed by atoms with E-state index in [0.717, 1.165) is 24.2 Å². The lowest BCUT2D eigenvalue weighted by atomic mass is 10.1. The lowest BCUT2D eigenvalue weighted by Crippen LogP contribution is -2.38. The normalized spacial score (nSPS) is 22.4. The molecule has 2 N–H and O–H groups in total. The van der Waals surface area contributed by atoms with Crippen LogP contribution in [-0.4, -0.2) is 54.3 Å². The lowest BCUT2D eigenvalue weighted by molar-refractivity contribution is 0.191. The van der Waals surface area contributed by atoms with Gasteiger partial charge in [-0.05, 0) is 38.0 Å². The highest BCUT2D eigenvalue weighted by Crippen LogP contribution is 2.25. The number of aliphatic hydroxyl groups excluding tert-OH is 1. The molecule has 5 nitrogen and oxygen atoms in total. The van der Waals surface area contributed by atoms with Crippen LogP contribution in [0.2, 0.25) is 0 Å². The maximum Gasteiger partial charge on any atom is 0.257 e. The SMILES string of the molecule is CN(C)CC1CC(O)CN1c1cc2ccccc2c(=O)[nH]1. The van der Waals surface area contributed by atoms with Crippen molar-refractivity contribution < 1.29 is 5.11 Å². The monoisotopic (exact) mass is 287 g/mol.